The zero-order valence-electron chi connectivity index (χ0n) is 41.3. The maximum absolute atomic E-state index is 11.8. The predicted octanol–water partition coefficient (Wildman–Crippen LogP) is 15.9. The fourth-order valence-electron chi connectivity index (χ4n) is 11.8. The molecule has 1 aromatic rings. The SMILES string of the molecule is CCCCCCCCCCCCCCCCOC(=O)CCCCCCCCCCCCC.C[C@]12CC[C@H]3[C@@H](CCC4=CC(=O)CC[C@@]43C)[C@@H]1CC[C@@H]2O.O=C(O)Cc1ccccc1. The largest absolute Gasteiger partial charge is 0.481 e. The molecular formula is C57H96O6. The van der Waals surface area contributed by atoms with Crippen LogP contribution in [0.4, 0.5) is 0 Å². The van der Waals surface area contributed by atoms with Crippen LogP contribution in [0.5, 0.6) is 0 Å². The number of carbonyl (C=O) groups is 3. The predicted molar refractivity (Wildman–Crippen MR) is 263 cm³/mol. The Morgan fingerprint density at radius 2 is 1.13 bits per heavy atom. The average Bonchev–Trinajstić information content (AvgIpc) is 3.58. The normalized spacial score (nSPS) is 24.7. The minimum absolute atomic E-state index is 0.0237. The highest BCUT2D eigenvalue weighted by Gasteiger charge is 2.58. The molecule has 4 aliphatic rings. The Morgan fingerprint density at radius 1 is 0.619 bits per heavy atom. The molecule has 0 aromatic heterocycles. The van der Waals surface area contributed by atoms with Crippen molar-refractivity contribution >= 4 is 17.7 Å². The number of carboxylic acid groups (broad SMARTS) is 1. The van der Waals surface area contributed by atoms with E-state index in [1.54, 1.807) is 12.1 Å². The number of ketones is 1. The highest BCUT2D eigenvalue weighted by Crippen LogP contribution is 2.65. The van der Waals surface area contributed by atoms with Gasteiger partial charge >= 0.3 is 11.9 Å². The van der Waals surface area contributed by atoms with Gasteiger partial charge in [0.2, 0.25) is 0 Å². The lowest BCUT2D eigenvalue weighted by Crippen LogP contribution is -2.51. The first-order valence-corrected chi connectivity index (χ1v) is 26.9. The van der Waals surface area contributed by atoms with E-state index >= 15 is 0 Å². The van der Waals surface area contributed by atoms with Crippen LogP contribution in [0.25, 0.3) is 0 Å². The van der Waals surface area contributed by atoms with Crippen LogP contribution in [0.1, 0.15) is 252 Å². The molecule has 6 heteroatoms. The summed E-state index contributed by atoms with van der Waals surface area (Å²) in [6.07, 6.45) is 45.1. The second-order valence-corrected chi connectivity index (χ2v) is 20.8. The van der Waals surface area contributed by atoms with Crippen molar-refractivity contribution in [3.63, 3.8) is 0 Å². The molecule has 63 heavy (non-hydrogen) atoms. The number of aliphatic hydroxyl groups is 1. The topological polar surface area (TPSA) is 101 Å². The lowest BCUT2D eigenvalue weighted by molar-refractivity contribution is -0.144. The Bertz CT molecular complexity index is 1400. The van der Waals surface area contributed by atoms with Crippen molar-refractivity contribution in [3.8, 4) is 0 Å². The smallest absolute Gasteiger partial charge is 0.307 e. The van der Waals surface area contributed by atoms with Crippen molar-refractivity contribution in [2.24, 2.45) is 28.6 Å². The lowest BCUT2D eigenvalue weighted by atomic mass is 9.47. The Hall–Kier alpha value is -2.47. The molecule has 0 bridgehead atoms. The maximum atomic E-state index is 11.8. The van der Waals surface area contributed by atoms with Gasteiger partial charge < -0.3 is 14.9 Å². The molecule has 0 unspecified atom stereocenters. The van der Waals surface area contributed by atoms with E-state index in [2.05, 4.69) is 27.7 Å². The zero-order chi connectivity index (χ0) is 45.6. The summed E-state index contributed by atoms with van der Waals surface area (Å²) in [7, 11) is 0. The van der Waals surface area contributed by atoms with Crippen LogP contribution in [-0.4, -0.2) is 40.6 Å². The Balaban J connectivity index is 0.000000286. The molecule has 0 spiro atoms. The fraction of sp³-hybridized carbons (Fsp3) is 0.807. The Labute approximate surface area is 387 Å². The quantitative estimate of drug-likeness (QED) is 0.0614. The van der Waals surface area contributed by atoms with Gasteiger partial charge in [0.15, 0.2) is 5.78 Å². The van der Waals surface area contributed by atoms with Crippen molar-refractivity contribution in [1.29, 1.82) is 0 Å². The van der Waals surface area contributed by atoms with E-state index in [0.29, 0.717) is 24.7 Å². The van der Waals surface area contributed by atoms with Crippen LogP contribution in [-0.2, 0) is 25.5 Å². The van der Waals surface area contributed by atoms with Gasteiger partial charge in [-0.15, -0.1) is 0 Å². The van der Waals surface area contributed by atoms with Gasteiger partial charge in [0.05, 0.1) is 19.1 Å². The van der Waals surface area contributed by atoms with Gasteiger partial charge in [-0.1, -0.05) is 211 Å². The minimum Gasteiger partial charge on any atom is -0.481 e. The highest BCUT2D eigenvalue weighted by atomic mass is 16.5. The molecule has 2 N–H and O–H groups in total. The molecule has 0 aliphatic heterocycles. The fourth-order valence-corrected chi connectivity index (χ4v) is 11.8. The molecule has 6 nitrogen and oxygen atoms in total. The van der Waals surface area contributed by atoms with Crippen molar-refractivity contribution in [3.05, 3.63) is 47.5 Å². The van der Waals surface area contributed by atoms with Gasteiger partial charge in [0.25, 0.3) is 0 Å². The summed E-state index contributed by atoms with van der Waals surface area (Å²) in [5.41, 5.74) is 2.73. The first kappa shape index (κ1) is 54.9. The van der Waals surface area contributed by atoms with Crippen LogP contribution in [0.3, 0.4) is 0 Å². The zero-order valence-corrected chi connectivity index (χ0v) is 41.3. The van der Waals surface area contributed by atoms with Crippen molar-refractivity contribution < 1.29 is 29.3 Å². The average molecular weight is 877 g/mol. The number of carboxylic acids is 1. The number of benzene rings is 1. The molecule has 0 amide bonds. The highest BCUT2D eigenvalue weighted by molar-refractivity contribution is 5.91. The van der Waals surface area contributed by atoms with Gasteiger partial charge in [-0.25, -0.2) is 0 Å². The number of hydrogen-bond donors (Lipinski definition) is 2. The molecule has 3 saturated carbocycles. The molecule has 0 saturated heterocycles. The molecule has 0 heterocycles. The summed E-state index contributed by atoms with van der Waals surface area (Å²) in [5, 5.41) is 18.8. The number of fused-ring (bicyclic) bond motifs is 5. The third kappa shape index (κ3) is 20.7. The van der Waals surface area contributed by atoms with E-state index in [0.717, 1.165) is 55.9 Å². The van der Waals surface area contributed by atoms with E-state index in [1.807, 2.05) is 24.3 Å². The monoisotopic (exact) mass is 877 g/mol. The van der Waals surface area contributed by atoms with Crippen molar-refractivity contribution in [2.75, 3.05) is 6.61 Å². The van der Waals surface area contributed by atoms with Gasteiger partial charge in [0.1, 0.15) is 0 Å². The third-order valence-electron chi connectivity index (χ3n) is 15.9. The minimum atomic E-state index is -0.786. The second kappa shape index (κ2) is 32.2. The van der Waals surface area contributed by atoms with E-state index in [9.17, 15) is 19.5 Å². The molecule has 360 valence electrons. The molecule has 3 fully saturated rings. The molecule has 6 atom stereocenters. The van der Waals surface area contributed by atoms with E-state index in [-0.39, 0.29) is 29.3 Å². The summed E-state index contributed by atoms with van der Waals surface area (Å²) < 4.78 is 5.40. The van der Waals surface area contributed by atoms with Gasteiger partial charge in [-0.2, -0.15) is 0 Å². The lowest BCUT2D eigenvalue weighted by Gasteiger charge is -2.57. The molecular weight excluding hydrogens is 781 g/mol. The van der Waals surface area contributed by atoms with E-state index in [1.165, 1.54) is 179 Å². The summed E-state index contributed by atoms with van der Waals surface area (Å²) in [4.78, 5) is 33.8. The number of esters is 1. The number of ether oxygens (including phenoxy) is 1. The molecule has 1 aromatic carbocycles. The van der Waals surface area contributed by atoms with Crippen molar-refractivity contribution in [1.82, 2.24) is 0 Å². The van der Waals surface area contributed by atoms with Crippen LogP contribution < -0.4 is 0 Å². The molecule has 5 rings (SSSR count). The Morgan fingerprint density at radius 3 is 1.65 bits per heavy atom. The van der Waals surface area contributed by atoms with Gasteiger partial charge in [0, 0.05) is 12.8 Å². The molecule has 4 aliphatic carbocycles. The van der Waals surface area contributed by atoms with Crippen LogP contribution in [0.15, 0.2) is 42.0 Å². The number of hydrogen-bond acceptors (Lipinski definition) is 5. The molecule has 0 radical (unpaired) electrons. The number of carbonyl (C=O) groups excluding carboxylic acids is 2. The maximum Gasteiger partial charge on any atom is 0.307 e. The summed E-state index contributed by atoms with van der Waals surface area (Å²) in [6.45, 7) is 9.96. The Kier molecular flexibility index (Phi) is 28.1. The number of rotatable bonds is 29. The van der Waals surface area contributed by atoms with Gasteiger partial charge in [-0.3, -0.25) is 14.4 Å². The number of aliphatic hydroxyl groups excluding tert-OH is 1. The van der Waals surface area contributed by atoms with E-state index < -0.39 is 5.97 Å². The van der Waals surface area contributed by atoms with Crippen LogP contribution in [0, 0.1) is 28.6 Å². The van der Waals surface area contributed by atoms with Gasteiger partial charge in [-0.05, 0) is 98.0 Å². The van der Waals surface area contributed by atoms with Crippen LogP contribution >= 0.6 is 0 Å². The van der Waals surface area contributed by atoms with Crippen molar-refractivity contribution in [2.45, 2.75) is 259 Å². The number of unbranched alkanes of at least 4 members (excludes halogenated alkanes) is 23. The first-order chi connectivity index (χ1) is 30.5. The van der Waals surface area contributed by atoms with E-state index in [4.69, 9.17) is 9.84 Å². The first-order valence-electron chi connectivity index (χ1n) is 26.9. The second-order valence-electron chi connectivity index (χ2n) is 20.8. The summed E-state index contributed by atoms with van der Waals surface area (Å²) in [5.74, 6) is 1.81. The third-order valence-corrected chi connectivity index (χ3v) is 15.9. The standard InChI is InChI=1S/C30H60O2.C19H28O2.C8H8O2/c1-3-5-7-9-11-13-15-16-17-19-21-23-25-27-29-32-30(31)28-26-24-22-20-18-14-12-10-8-6-4-2;1-18-9-7-13(20)11-12(18)3-4-14-15-5-6-17(21)19(15,2)10-8-16(14)18;9-8(10)6-7-4-2-1-3-5-7/h3-29H2,1-2H3;11,14-17,21H,3-10H2,1-2H3;1-5H,6H2,(H,9,10)/t;14-,15-,16-,17-,18-,19-;/m.0./s1. The number of allylic oxidation sites excluding steroid dienone is 1. The summed E-state index contributed by atoms with van der Waals surface area (Å²) >= 11 is 0. The number of aliphatic carboxylic acids is 1. The van der Waals surface area contributed by atoms with Crippen LogP contribution in [0.2, 0.25) is 0 Å². The summed E-state index contributed by atoms with van der Waals surface area (Å²) in [6, 6.07) is 9.13.